The summed E-state index contributed by atoms with van der Waals surface area (Å²) in [6.45, 7) is 1.69. The molecule has 3 atom stereocenters. The molecule has 6 heteroatoms. The third-order valence-corrected chi connectivity index (χ3v) is 5.89. The molecule has 2 rings (SSSR count). The summed E-state index contributed by atoms with van der Waals surface area (Å²) < 4.78 is 25.1. The van der Waals surface area contributed by atoms with Crippen molar-refractivity contribution in [3.05, 3.63) is 0 Å². The van der Waals surface area contributed by atoms with E-state index >= 15 is 0 Å². The zero-order chi connectivity index (χ0) is 13.7. The zero-order valence-corrected chi connectivity index (χ0v) is 12.6. The molecule has 5 nitrogen and oxygen atoms in total. The summed E-state index contributed by atoms with van der Waals surface area (Å²) in [6.07, 6.45) is 7.62. The van der Waals surface area contributed by atoms with E-state index in [0.717, 1.165) is 6.54 Å². The Bertz CT molecular complexity index is 366. The van der Waals surface area contributed by atoms with Crippen molar-refractivity contribution in [3.63, 3.8) is 0 Å². The molecule has 1 heterocycles. The number of rotatable bonds is 6. The number of sulfonamides is 1. The van der Waals surface area contributed by atoms with Crippen LogP contribution in [0.15, 0.2) is 0 Å². The van der Waals surface area contributed by atoms with E-state index in [1.165, 1.54) is 45.6 Å². The summed E-state index contributed by atoms with van der Waals surface area (Å²) in [5, 5.41) is 7.10. The highest BCUT2D eigenvalue weighted by Gasteiger charge is 2.33. The fourth-order valence-electron chi connectivity index (χ4n) is 3.45. The maximum absolute atomic E-state index is 11.4. The molecular weight excluding hydrogens is 262 g/mol. The van der Waals surface area contributed by atoms with E-state index in [1.54, 1.807) is 0 Å². The van der Waals surface area contributed by atoms with Crippen molar-refractivity contribution < 1.29 is 8.42 Å². The predicted octanol–water partition coefficient (Wildman–Crippen LogP) is 0.436. The molecule has 112 valence electrons. The Hall–Kier alpha value is -0.170. The molecule has 1 aliphatic carbocycles. The van der Waals surface area contributed by atoms with Crippen LogP contribution < -0.4 is 15.4 Å². The van der Waals surface area contributed by atoms with Gasteiger partial charge >= 0.3 is 0 Å². The molecule has 1 aliphatic heterocycles. The second-order valence-corrected chi connectivity index (χ2v) is 7.78. The molecule has 0 amide bonds. The van der Waals surface area contributed by atoms with E-state index in [0.29, 0.717) is 24.5 Å². The second-order valence-electron chi connectivity index (χ2n) is 5.73. The average Bonchev–Trinajstić information content (AvgIpc) is 2.88. The SMILES string of the molecule is CNS(=O)(=O)CCNC1CCCC1C1CCCCN1. The fourth-order valence-corrected chi connectivity index (χ4v) is 4.04. The van der Waals surface area contributed by atoms with Gasteiger partial charge in [0.1, 0.15) is 0 Å². The first-order valence-electron chi connectivity index (χ1n) is 7.50. The van der Waals surface area contributed by atoms with E-state index in [4.69, 9.17) is 0 Å². The van der Waals surface area contributed by atoms with E-state index in [9.17, 15) is 8.42 Å². The Morgan fingerprint density at radius 1 is 1.16 bits per heavy atom. The third kappa shape index (κ3) is 4.41. The van der Waals surface area contributed by atoms with Gasteiger partial charge in [-0.1, -0.05) is 12.8 Å². The maximum atomic E-state index is 11.4. The zero-order valence-electron chi connectivity index (χ0n) is 11.8. The van der Waals surface area contributed by atoms with Gasteiger partial charge in [-0.15, -0.1) is 0 Å². The summed E-state index contributed by atoms with van der Waals surface area (Å²) >= 11 is 0. The Kier molecular flexibility index (Phi) is 5.62. The van der Waals surface area contributed by atoms with Crippen molar-refractivity contribution in [1.82, 2.24) is 15.4 Å². The summed E-state index contributed by atoms with van der Waals surface area (Å²) in [5.41, 5.74) is 0. The van der Waals surface area contributed by atoms with E-state index in [-0.39, 0.29) is 5.75 Å². The first-order chi connectivity index (χ1) is 9.12. The van der Waals surface area contributed by atoms with Crippen LogP contribution >= 0.6 is 0 Å². The molecule has 0 spiro atoms. The summed E-state index contributed by atoms with van der Waals surface area (Å²) in [6, 6.07) is 1.12. The lowest BCUT2D eigenvalue weighted by Gasteiger charge is -2.33. The third-order valence-electron chi connectivity index (χ3n) is 4.52. The first kappa shape index (κ1) is 15.2. The molecule has 0 aromatic carbocycles. The number of piperidine rings is 1. The largest absolute Gasteiger partial charge is 0.314 e. The summed E-state index contributed by atoms with van der Waals surface area (Å²) in [7, 11) is -1.61. The molecular formula is C13H27N3O2S. The molecule has 3 unspecified atom stereocenters. The lowest BCUT2D eigenvalue weighted by molar-refractivity contribution is 0.259. The molecule has 0 radical (unpaired) electrons. The second kappa shape index (κ2) is 7.02. The normalized spacial score (nSPS) is 32.6. The van der Waals surface area contributed by atoms with E-state index in [1.807, 2.05) is 0 Å². The van der Waals surface area contributed by atoms with Crippen LogP contribution in [0.1, 0.15) is 38.5 Å². The first-order valence-corrected chi connectivity index (χ1v) is 9.15. The number of nitrogens with one attached hydrogen (secondary N) is 3. The van der Waals surface area contributed by atoms with Crippen LogP contribution in [0, 0.1) is 5.92 Å². The van der Waals surface area contributed by atoms with Crippen molar-refractivity contribution >= 4 is 10.0 Å². The Morgan fingerprint density at radius 3 is 2.68 bits per heavy atom. The topological polar surface area (TPSA) is 70.2 Å². The number of hydrogen-bond acceptors (Lipinski definition) is 4. The minimum absolute atomic E-state index is 0.171. The molecule has 0 aromatic rings. The van der Waals surface area contributed by atoms with Gasteiger partial charge < -0.3 is 10.6 Å². The van der Waals surface area contributed by atoms with Gasteiger partial charge in [0.2, 0.25) is 10.0 Å². The molecule has 2 fully saturated rings. The average molecular weight is 289 g/mol. The molecule has 3 N–H and O–H groups in total. The van der Waals surface area contributed by atoms with Crippen molar-refractivity contribution in [1.29, 1.82) is 0 Å². The quantitative estimate of drug-likeness (QED) is 0.663. The molecule has 0 bridgehead atoms. The summed E-state index contributed by atoms with van der Waals surface area (Å²) in [4.78, 5) is 0. The maximum Gasteiger partial charge on any atom is 0.212 e. The Labute approximate surface area is 117 Å². The van der Waals surface area contributed by atoms with Crippen LogP contribution in [0.5, 0.6) is 0 Å². The number of hydrogen-bond donors (Lipinski definition) is 3. The van der Waals surface area contributed by atoms with E-state index in [2.05, 4.69) is 15.4 Å². The van der Waals surface area contributed by atoms with Crippen LogP contribution in [0.3, 0.4) is 0 Å². The van der Waals surface area contributed by atoms with Crippen LogP contribution in [0.2, 0.25) is 0 Å². The molecule has 2 aliphatic rings. The minimum Gasteiger partial charge on any atom is -0.314 e. The van der Waals surface area contributed by atoms with Gasteiger partial charge in [0.15, 0.2) is 0 Å². The van der Waals surface area contributed by atoms with Crippen molar-refractivity contribution in [2.45, 2.75) is 50.6 Å². The molecule has 0 aromatic heterocycles. The molecule has 19 heavy (non-hydrogen) atoms. The van der Waals surface area contributed by atoms with Gasteiger partial charge in [0.25, 0.3) is 0 Å². The van der Waals surface area contributed by atoms with Crippen molar-refractivity contribution in [2.24, 2.45) is 5.92 Å². The van der Waals surface area contributed by atoms with Gasteiger partial charge in [-0.3, -0.25) is 0 Å². The van der Waals surface area contributed by atoms with Gasteiger partial charge in [-0.2, -0.15) is 0 Å². The lowest BCUT2D eigenvalue weighted by Crippen LogP contribution is -2.47. The van der Waals surface area contributed by atoms with E-state index < -0.39 is 10.0 Å². The lowest BCUT2D eigenvalue weighted by atomic mass is 9.88. The summed E-state index contributed by atoms with van der Waals surface area (Å²) in [5.74, 6) is 0.850. The smallest absolute Gasteiger partial charge is 0.212 e. The standard InChI is InChI=1S/C13H27N3O2S/c1-14-19(17,18)10-9-16-13-7-4-5-11(13)12-6-2-3-8-15-12/h11-16H,2-10H2,1H3. The van der Waals surface area contributed by atoms with Crippen LogP contribution in [-0.4, -0.2) is 46.4 Å². The van der Waals surface area contributed by atoms with Gasteiger partial charge in [0.05, 0.1) is 5.75 Å². The van der Waals surface area contributed by atoms with Crippen LogP contribution in [0.4, 0.5) is 0 Å². The monoisotopic (exact) mass is 289 g/mol. The van der Waals surface area contributed by atoms with Crippen molar-refractivity contribution in [3.8, 4) is 0 Å². The molecule has 1 saturated carbocycles. The van der Waals surface area contributed by atoms with Crippen molar-refractivity contribution in [2.75, 3.05) is 25.9 Å². The molecule has 1 saturated heterocycles. The van der Waals surface area contributed by atoms with Gasteiger partial charge in [0, 0.05) is 18.6 Å². The highest BCUT2D eigenvalue weighted by Crippen LogP contribution is 2.31. The predicted molar refractivity (Wildman–Crippen MR) is 77.6 cm³/mol. The van der Waals surface area contributed by atoms with Crippen LogP contribution in [0.25, 0.3) is 0 Å². The minimum atomic E-state index is -3.08. The Balaban J connectivity index is 1.78. The fraction of sp³-hybridized carbons (Fsp3) is 1.00. The van der Waals surface area contributed by atoms with Crippen LogP contribution in [-0.2, 0) is 10.0 Å². The Morgan fingerprint density at radius 2 is 2.00 bits per heavy atom. The van der Waals surface area contributed by atoms with Gasteiger partial charge in [-0.05, 0) is 45.2 Å². The highest BCUT2D eigenvalue weighted by molar-refractivity contribution is 7.89. The highest BCUT2D eigenvalue weighted by atomic mass is 32.2. The van der Waals surface area contributed by atoms with Gasteiger partial charge in [-0.25, -0.2) is 13.1 Å².